The SMILES string of the molecule is COCc1nc(CN(CC(C)C)C(=O)C(C)C)[nH]c(=O)c1Cc1ccc(C)cc1. The lowest BCUT2D eigenvalue weighted by molar-refractivity contribution is -0.135. The fourth-order valence-electron chi connectivity index (χ4n) is 3.24. The van der Waals surface area contributed by atoms with Crippen molar-refractivity contribution in [3.8, 4) is 0 Å². The van der Waals surface area contributed by atoms with Crippen molar-refractivity contribution >= 4 is 5.91 Å². The number of aryl methyl sites for hydroxylation is 1. The molecular formula is C23H33N3O3. The third kappa shape index (κ3) is 6.53. The van der Waals surface area contributed by atoms with Gasteiger partial charge in [-0.1, -0.05) is 57.5 Å². The number of carbonyl (C=O) groups is 1. The van der Waals surface area contributed by atoms with Gasteiger partial charge >= 0.3 is 0 Å². The van der Waals surface area contributed by atoms with Gasteiger partial charge in [-0.05, 0) is 18.4 Å². The van der Waals surface area contributed by atoms with Crippen LogP contribution in [0, 0.1) is 18.8 Å². The Labute approximate surface area is 173 Å². The molecule has 0 aliphatic heterocycles. The van der Waals surface area contributed by atoms with Gasteiger partial charge in [0.05, 0.1) is 18.8 Å². The summed E-state index contributed by atoms with van der Waals surface area (Å²) in [6, 6.07) is 8.10. The molecule has 0 unspecified atom stereocenters. The Kier molecular flexibility index (Phi) is 8.14. The monoisotopic (exact) mass is 399 g/mol. The predicted molar refractivity (Wildman–Crippen MR) is 115 cm³/mol. The van der Waals surface area contributed by atoms with Crippen molar-refractivity contribution in [3.63, 3.8) is 0 Å². The van der Waals surface area contributed by atoms with Crippen LogP contribution in [0.5, 0.6) is 0 Å². The molecule has 6 nitrogen and oxygen atoms in total. The van der Waals surface area contributed by atoms with Crippen LogP contribution in [0.15, 0.2) is 29.1 Å². The van der Waals surface area contributed by atoms with Gasteiger partial charge in [-0.3, -0.25) is 9.59 Å². The standard InChI is InChI=1S/C23H33N3O3/c1-15(2)12-26(23(28)16(3)4)13-21-24-20(14-29-6)19(22(27)25-21)11-18-9-7-17(5)8-10-18/h7-10,15-16H,11-14H2,1-6H3,(H,24,25,27). The summed E-state index contributed by atoms with van der Waals surface area (Å²) in [5, 5.41) is 0. The van der Waals surface area contributed by atoms with E-state index >= 15 is 0 Å². The molecule has 6 heteroatoms. The third-order valence-corrected chi connectivity index (χ3v) is 4.66. The second-order valence-corrected chi connectivity index (χ2v) is 8.30. The molecule has 29 heavy (non-hydrogen) atoms. The molecule has 0 aliphatic carbocycles. The van der Waals surface area contributed by atoms with Crippen molar-refractivity contribution in [2.45, 2.75) is 54.2 Å². The topological polar surface area (TPSA) is 75.3 Å². The number of carbonyl (C=O) groups excluding carboxylic acids is 1. The summed E-state index contributed by atoms with van der Waals surface area (Å²) in [6.07, 6.45) is 0.488. The zero-order chi connectivity index (χ0) is 21.6. The van der Waals surface area contributed by atoms with Crippen molar-refractivity contribution in [2.24, 2.45) is 11.8 Å². The van der Waals surface area contributed by atoms with Crippen molar-refractivity contribution in [1.82, 2.24) is 14.9 Å². The molecule has 1 heterocycles. The zero-order valence-corrected chi connectivity index (χ0v) is 18.4. The van der Waals surface area contributed by atoms with Gasteiger partial charge < -0.3 is 14.6 Å². The molecule has 0 aliphatic rings. The number of hydrogen-bond donors (Lipinski definition) is 1. The van der Waals surface area contributed by atoms with Crippen LogP contribution in [0.3, 0.4) is 0 Å². The van der Waals surface area contributed by atoms with Crippen LogP contribution in [0.2, 0.25) is 0 Å². The van der Waals surface area contributed by atoms with Crippen LogP contribution in [0.1, 0.15) is 55.9 Å². The van der Waals surface area contributed by atoms with E-state index < -0.39 is 0 Å². The van der Waals surface area contributed by atoms with Crippen LogP contribution >= 0.6 is 0 Å². The molecule has 1 aromatic carbocycles. The molecule has 0 fully saturated rings. The van der Waals surface area contributed by atoms with Gasteiger partial charge in [0, 0.05) is 31.6 Å². The molecule has 0 bridgehead atoms. The van der Waals surface area contributed by atoms with E-state index in [1.165, 1.54) is 5.56 Å². The molecule has 0 atom stereocenters. The third-order valence-electron chi connectivity index (χ3n) is 4.66. The maximum Gasteiger partial charge on any atom is 0.254 e. The summed E-state index contributed by atoms with van der Waals surface area (Å²) >= 11 is 0. The Balaban J connectivity index is 2.35. The summed E-state index contributed by atoms with van der Waals surface area (Å²) in [5.74, 6) is 0.756. The van der Waals surface area contributed by atoms with Gasteiger partial charge in [0.25, 0.3) is 5.56 Å². The molecule has 158 valence electrons. The Hall–Kier alpha value is -2.47. The summed E-state index contributed by atoms with van der Waals surface area (Å²) < 4.78 is 5.29. The number of nitrogens with one attached hydrogen (secondary N) is 1. The van der Waals surface area contributed by atoms with Crippen LogP contribution in [-0.2, 0) is 29.1 Å². The first-order chi connectivity index (χ1) is 13.7. The first-order valence-electron chi connectivity index (χ1n) is 10.2. The first-order valence-corrected chi connectivity index (χ1v) is 10.2. The number of rotatable bonds is 9. The number of ether oxygens (including phenoxy) is 1. The number of amides is 1. The maximum absolute atomic E-state index is 12.9. The Morgan fingerprint density at radius 1 is 1.17 bits per heavy atom. The molecule has 2 aromatic rings. The molecule has 1 aromatic heterocycles. The van der Waals surface area contributed by atoms with Crippen molar-refractivity contribution < 1.29 is 9.53 Å². The lowest BCUT2D eigenvalue weighted by atomic mass is 10.0. The first kappa shape index (κ1) is 22.8. The molecule has 0 radical (unpaired) electrons. The number of aromatic amines is 1. The maximum atomic E-state index is 12.9. The van der Waals surface area contributed by atoms with Gasteiger partial charge in [-0.15, -0.1) is 0 Å². The molecular weight excluding hydrogens is 366 g/mol. The minimum absolute atomic E-state index is 0.0540. The number of nitrogens with zero attached hydrogens (tertiary/aromatic N) is 2. The average molecular weight is 400 g/mol. The van der Waals surface area contributed by atoms with Crippen molar-refractivity contribution in [1.29, 1.82) is 0 Å². The fourth-order valence-corrected chi connectivity index (χ4v) is 3.24. The minimum Gasteiger partial charge on any atom is -0.378 e. The van der Waals surface area contributed by atoms with Gasteiger partial charge in [0.1, 0.15) is 5.82 Å². The molecule has 1 amide bonds. The highest BCUT2D eigenvalue weighted by atomic mass is 16.5. The van der Waals surface area contributed by atoms with Crippen LogP contribution < -0.4 is 5.56 Å². The quantitative estimate of drug-likeness (QED) is 0.701. The summed E-state index contributed by atoms with van der Waals surface area (Å²) in [7, 11) is 1.59. The van der Waals surface area contributed by atoms with E-state index in [0.29, 0.717) is 36.0 Å². The summed E-state index contributed by atoms with van der Waals surface area (Å²) in [5.41, 5.74) is 3.26. The van der Waals surface area contributed by atoms with E-state index in [4.69, 9.17) is 4.74 Å². The van der Waals surface area contributed by atoms with Crippen molar-refractivity contribution in [2.75, 3.05) is 13.7 Å². The fraction of sp³-hybridized carbons (Fsp3) is 0.522. The average Bonchev–Trinajstić information content (AvgIpc) is 2.64. The second-order valence-electron chi connectivity index (χ2n) is 8.30. The molecule has 0 spiro atoms. The van der Waals surface area contributed by atoms with Gasteiger partial charge in [0.2, 0.25) is 5.91 Å². The lowest BCUT2D eigenvalue weighted by Crippen LogP contribution is -2.37. The highest BCUT2D eigenvalue weighted by Gasteiger charge is 2.21. The molecule has 2 rings (SSSR count). The summed E-state index contributed by atoms with van der Waals surface area (Å²) in [4.78, 5) is 34.8. The molecule has 1 N–H and O–H groups in total. The molecule has 0 saturated carbocycles. The van der Waals surface area contributed by atoms with Crippen LogP contribution in [0.4, 0.5) is 0 Å². The highest BCUT2D eigenvalue weighted by Crippen LogP contribution is 2.14. The number of aromatic nitrogens is 2. The lowest BCUT2D eigenvalue weighted by Gasteiger charge is -2.26. The van der Waals surface area contributed by atoms with E-state index in [2.05, 4.69) is 23.8 Å². The van der Waals surface area contributed by atoms with E-state index in [0.717, 1.165) is 5.56 Å². The Bertz CT molecular complexity index is 870. The van der Waals surface area contributed by atoms with E-state index in [9.17, 15) is 9.59 Å². The second kappa shape index (κ2) is 10.3. The Morgan fingerprint density at radius 3 is 2.38 bits per heavy atom. The predicted octanol–water partition coefficient (Wildman–Crippen LogP) is 3.46. The number of H-pyrrole nitrogens is 1. The highest BCUT2D eigenvalue weighted by molar-refractivity contribution is 5.78. The zero-order valence-electron chi connectivity index (χ0n) is 18.4. The van der Waals surface area contributed by atoms with E-state index in [1.807, 2.05) is 45.0 Å². The van der Waals surface area contributed by atoms with E-state index in [1.54, 1.807) is 12.0 Å². The number of benzene rings is 1. The smallest absolute Gasteiger partial charge is 0.254 e. The number of hydrogen-bond acceptors (Lipinski definition) is 4. The van der Waals surface area contributed by atoms with Crippen LogP contribution in [-0.4, -0.2) is 34.4 Å². The van der Waals surface area contributed by atoms with Gasteiger partial charge in [-0.25, -0.2) is 4.98 Å². The van der Waals surface area contributed by atoms with Crippen molar-refractivity contribution in [3.05, 3.63) is 62.8 Å². The van der Waals surface area contributed by atoms with Crippen LogP contribution in [0.25, 0.3) is 0 Å². The molecule has 0 saturated heterocycles. The Morgan fingerprint density at radius 2 is 1.83 bits per heavy atom. The largest absolute Gasteiger partial charge is 0.378 e. The normalized spacial score (nSPS) is 11.3. The van der Waals surface area contributed by atoms with Gasteiger partial charge in [-0.2, -0.15) is 0 Å². The number of methoxy groups -OCH3 is 1. The summed E-state index contributed by atoms with van der Waals surface area (Å²) in [6.45, 7) is 11.1. The van der Waals surface area contributed by atoms with E-state index in [-0.39, 0.29) is 30.5 Å². The van der Waals surface area contributed by atoms with Gasteiger partial charge in [0.15, 0.2) is 0 Å². The minimum atomic E-state index is -0.177.